The van der Waals surface area contributed by atoms with Crippen LogP contribution in [0.5, 0.6) is 0 Å². The van der Waals surface area contributed by atoms with Crippen LogP contribution in [0.15, 0.2) is 29.2 Å². The topological polar surface area (TPSA) is 57.7 Å². The molecule has 5 nitrogen and oxygen atoms in total. The van der Waals surface area contributed by atoms with Crippen molar-refractivity contribution in [2.75, 3.05) is 26.2 Å². The average molecular weight is 353 g/mol. The van der Waals surface area contributed by atoms with Gasteiger partial charge in [0.25, 0.3) is 5.91 Å². The van der Waals surface area contributed by atoms with Gasteiger partial charge in [-0.15, -0.1) is 0 Å². The Morgan fingerprint density at radius 2 is 1.58 bits per heavy atom. The van der Waals surface area contributed by atoms with Gasteiger partial charge in [-0.25, -0.2) is 8.42 Å². The Hall–Kier alpha value is -1.40. The van der Waals surface area contributed by atoms with Crippen LogP contribution in [-0.2, 0) is 10.0 Å². The molecule has 6 heteroatoms. The maximum absolute atomic E-state index is 12.7. The van der Waals surface area contributed by atoms with E-state index in [0.717, 1.165) is 19.5 Å². The molecule has 1 aromatic carbocycles. The van der Waals surface area contributed by atoms with Gasteiger partial charge in [-0.2, -0.15) is 4.31 Å². The van der Waals surface area contributed by atoms with Crippen molar-refractivity contribution in [3.05, 3.63) is 29.8 Å². The van der Waals surface area contributed by atoms with Crippen LogP contribution in [0.3, 0.4) is 0 Å². The molecule has 1 heterocycles. The third kappa shape index (κ3) is 3.98. The molecule has 0 radical (unpaired) electrons. The normalized spacial score (nSPS) is 22.0. The van der Waals surface area contributed by atoms with E-state index < -0.39 is 10.0 Å². The Labute approximate surface area is 145 Å². The first-order valence-electron chi connectivity index (χ1n) is 8.69. The highest BCUT2D eigenvalue weighted by molar-refractivity contribution is 7.89. The van der Waals surface area contributed by atoms with Crippen molar-refractivity contribution in [2.45, 2.75) is 39.0 Å². The molecule has 0 aliphatic carbocycles. The van der Waals surface area contributed by atoms with Crippen molar-refractivity contribution in [2.24, 2.45) is 11.8 Å². The molecule has 1 amide bonds. The smallest absolute Gasteiger partial charge is 0.253 e. The number of amides is 1. The molecule has 0 saturated carbocycles. The largest absolute Gasteiger partial charge is 0.338 e. The molecule has 2 unspecified atom stereocenters. The van der Waals surface area contributed by atoms with Gasteiger partial charge in [-0.3, -0.25) is 4.79 Å². The summed E-state index contributed by atoms with van der Waals surface area (Å²) >= 11 is 0. The molecule has 1 saturated heterocycles. The van der Waals surface area contributed by atoms with Gasteiger partial charge in [-0.1, -0.05) is 27.7 Å². The quantitative estimate of drug-likeness (QED) is 0.819. The predicted molar refractivity (Wildman–Crippen MR) is 95.4 cm³/mol. The summed E-state index contributed by atoms with van der Waals surface area (Å²) in [5.41, 5.74) is 0.551. The number of carbonyl (C=O) groups is 1. The van der Waals surface area contributed by atoms with Crippen molar-refractivity contribution in [1.82, 2.24) is 9.21 Å². The maximum Gasteiger partial charge on any atom is 0.253 e. The molecule has 1 aromatic rings. The zero-order valence-electron chi connectivity index (χ0n) is 15.0. The second-order valence-corrected chi connectivity index (χ2v) is 8.71. The Kier molecular flexibility index (Phi) is 6.04. The highest BCUT2D eigenvalue weighted by Gasteiger charge is 2.27. The van der Waals surface area contributed by atoms with Crippen molar-refractivity contribution in [1.29, 1.82) is 0 Å². The fourth-order valence-electron chi connectivity index (χ4n) is 3.49. The van der Waals surface area contributed by atoms with Crippen LogP contribution < -0.4 is 0 Å². The highest BCUT2D eigenvalue weighted by atomic mass is 32.2. The van der Waals surface area contributed by atoms with Crippen LogP contribution in [0.1, 0.15) is 44.5 Å². The van der Waals surface area contributed by atoms with Gasteiger partial charge in [-0.05, 0) is 42.5 Å². The summed E-state index contributed by atoms with van der Waals surface area (Å²) < 4.78 is 26.4. The number of likely N-dealkylation sites (tertiary alicyclic amines) is 1. The third-order valence-electron chi connectivity index (χ3n) is 4.60. The number of rotatable bonds is 5. The molecule has 24 heavy (non-hydrogen) atoms. The molecular weight excluding hydrogens is 324 g/mol. The summed E-state index contributed by atoms with van der Waals surface area (Å²) in [6, 6.07) is 6.33. The SMILES string of the molecule is CCN(CC)S(=O)(=O)c1ccc(C(=O)N2CC(C)CC(C)C2)cc1. The van der Waals surface area contributed by atoms with Crippen LogP contribution in [0.4, 0.5) is 0 Å². The van der Waals surface area contributed by atoms with Crippen LogP contribution >= 0.6 is 0 Å². The Morgan fingerprint density at radius 1 is 1.08 bits per heavy atom. The lowest BCUT2D eigenvalue weighted by Crippen LogP contribution is -2.42. The summed E-state index contributed by atoms with van der Waals surface area (Å²) in [6.07, 6.45) is 1.14. The minimum Gasteiger partial charge on any atom is -0.338 e. The molecule has 2 rings (SSSR count). The molecule has 2 atom stereocenters. The van der Waals surface area contributed by atoms with Crippen LogP contribution in [-0.4, -0.2) is 49.7 Å². The molecule has 134 valence electrons. The fraction of sp³-hybridized carbons (Fsp3) is 0.611. The first-order valence-corrected chi connectivity index (χ1v) is 10.1. The van der Waals surface area contributed by atoms with Crippen molar-refractivity contribution >= 4 is 15.9 Å². The molecular formula is C18H28N2O3S. The summed E-state index contributed by atoms with van der Waals surface area (Å²) in [7, 11) is -3.48. The minimum absolute atomic E-state index is 0.0137. The lowest BCUT2D eigenvalue weighted by Gasteiger charge is -2.35. The monoisotopic (exact) mass is 352 g/mol. The van der Waals surface area contributed by atoms with Crippen molar-refractivity contribution < 1.29 is 13.2 Å². The lowest BCUT2D eigenvalue weighted by molar-refractivity contribution is 0.0623. The van der Waals surface area contributed by atoms with Gasteiger partial charge >= 0.3 is 0 Å². The van der Waals surface area contributed by atoms with E-state index in [4.69, 9.17) is 0 Å². The first kappa shape index (κ1) is 18.9. The lowest BCUT2D eigenvalue weighted by atomic mass is 9.91. The van der Waals surface area contributed by atoms with E-state index in [1.165, 1.54) is 16.4 Å². The van der Waals surface area contributed by atoms with Gasteiger partial charge in [0.15, 0.2) is 0 Å². The second-order valence-electron chi connectivity index (χ2n) is 6.77. The molecule has 1 fully saturated rings. The molecule has 0 bridgehead atoms. The fourth-order valence-corrected chi connectivity index (χ4v) is 4.95. The zero-order chi connectivity index (χ0) is 17.9. The zero-order valence-corrected chi connectivity index (χ0v) is 15.8. The second kappa shape index (κ2) is 7.66. The van der Waals surface area contributed by atoms with E-state index in [1.54, 1.807) is 12.1 Å². The van der Waals surface area contributed by atoms with Gasteiger partial charge < -0.3 is 4.90 Å². The summed E-state index contributed by atoms with van der Waals surface area (Å²) in [5, 5.41) is 0. The molecule has 0 aromatic heterocycles. The van der Waals surface area contributed by atoms with Crippen molar-refractivity contribution in [3.63, 3.8) is 0 Å². The molecule has 1 aliphatic rings. The van der Waals surface area contributed by atoms with Gasteiger partial charge in [0.1, 0.15) is 0 Å². The summed E-state index contributed by atoms with van der Waals surface area (Å²) in [4.78, 5) is 14.8. The Morgan fingerprint density at radius 3 is 2.04 bits per heavy atom. The minimum atomic E-state index is -3.48. The molecule has 0 N–H and O–H groups in total. The number of hydrogen-bond donors (Lipinski definition) is 0. The van der Waals surface area contributed by atoms with Crippen LogP contribution in [0.2, 0.25) is 0 Å². The Bertz CT molecular complexity index is 656. The van der Waals surface area contributed by atoms with Gasteiger partial charge in [0.2, 0.25) is 10.0 Å². The number of nitrogens with zero attached hydrogens (tertiary/aromatic N) is 2. The number of piperidine rings is 1. The highest BCUT2D eigenvalue weighted by Crippen LogP contribution is 2.23. The molecule has 1 aliphatic heterocycles. The van der Waals surface area contributed by atoms with Crippen molar-refractivity contribution in [3.8, 4) is 0 Å². The third-order valence-corrected chi connectivity index (χ3v) is 6.66. The van der Waals surface area contributed by atoms with E-state index in [0.29, 0.717) is 30.5 Å². The predicted octanol–water partition coefficient (Wildman–Crippen LogP) is 2.84. The Balaban J connectivity index is 2.18. The van der Waals surface area contributed by atoms with Crippen LogP contribution in [0, 0.1) is 11.8 Å². The summed E-state index contributed by atoms with van der Waals surface area (Å²) in [6.45, 7) is 10.4. The number of benzene rings is 1. The van der Waals surface area contributed by atoms with E-state index in [9.17, 15) is 13.2 Å². The standard InChI is InChI=1S/C18H28N2O3S/c1-5-20(6-2)24(22,23)17-9-7-16(8-10-17)18(21)19-12-14(3)11-15(4)13-19/h7-10,14-15H,5-6,11-13H2,1-4H3. The maximum atomic E-state index is 12.7. The first-order chi connectivity index (χ1) is 11.3. The molecule has 0 spiro atoms. The van der Waals surface area contributed by atoms with E-state index in [1.807, 2.05) is 18.7 Å². The number of hydrogen-bond acceptors (Lipinski definition) is 3. The summed E-state index contributed by atoms with van der Waals surface area (Å²) in [5.74, 6) is 0.986. The van der Waals surface area contributed by atoms with Crippen LogP contribution in [0.25, 0.3) is 0 Å². The number of carbonyl (C=O) groups excluding carboxylic acids is 1. The van der Waals surface area contributed by atoms with E-state index in [2.05, 4.69) is 13.8 Å². The van der Waals surface area contributed by atoms with Gasteiger partial charge in [0.05, 0.1) is 4.90 Å². The number of sulfonamides is 1. The van der Waals surface area contributed by atoms with Gasteiger partial charge in [0, 0.05) is 31.7 Å². The average Bonchev–Trinajstić information content (AvgIpc) is 2.54. The van der Waals surface area contributed by atoms with E-state index in [-0.39, 0.29) is 10.8 Å². The van der Waals surface area contributed by atoms with E-state index >= 15 is 0 Å².